The number of amides is 1. The summed E-state index contributed by atoms with van der Waals surface area (Å²) in [7, 11) is -1.63. The van der Waals surface area contributed by atoms with E-state index in [4.69, 9.17) is 0 Å². The van der Waals surface area contributed by atoms with Crippen LogP contribution in [0.1, 0.15) is 24.0 Å². The molecule has 21 heavy (non-hydrogen) atoms. The average molecular weight is 311 g/mol. The molecule has 1 aliphatic heterocycles. The number of likely N-dealkylation sites (N-methyl/N-ethyl adjacent to an activating group) is 1. The molecular weight excluding hydrogens is 290 g/mol. The van der Waals surface area contributed by atoms with Crippen LogP contribution in [0.4, 0.5) is 0 Å². The van der Waals surface area contributed by atoms with Gasteiger partial charge in [-0.1, -0.05) is 0 Å². The molecule has 0 N–H and O–H groups in total. The van der Waals surface area contributed by atoms with Crippen LogP contribution in [0, 0.1) is 6.92 Å². The van der Waals surface area contributed by atoms with Crippen molar-refractivity contribution in [3.8, 4) is 0 Å². The van der Waals surface area contributed by atoms with Gasteiger partial charge >= 0.3 is 0 Å². The van der Waals surface area contributed by atoms with Crippen LogP contribution < -0.4 is 0 Å². The highest BCUT2D eigenvalue weighted by atomic mass is 32.2. The molecule has 1 amide bonds. The van der Waals surface area contributed by atoms with Crippen molar-refractivity contribution in [2.75, 3.05) is 19.8 Å². The van der Waals surface area contributed by atoms with E-state index in [1.54, 1.807) is 24.3 Å². The van der Waals surface area contributed by atoms with E-state index in [0.717, 1.165) is 23.8 Å². The highest BCUT2D eigenvalue weighted by Crippen LogP contribution is 2.22. The largest absolute Gasteiger partial charge is 0.340 e. The Morgan fingerprint density at radius 3 is 2.86 bits per heavy atom. The van der Waals surface area contributed by atoms with E-state index in [-0.39, 0.29) is 5.91 Å². The molecule has 1 fully saturated rings. The normalized spacial score (nSPS) is 19.7. The Morgan fingerprint density at radius 1 is 1.52 bits per heavy atom. The molecule has 7 heteroatoms. The van der Waals surface area contributed by atoms with Gasteiger partial charge in [-0.15, -0.1) is 0 Å². The van der Waals surface area contributed by atoms with Crippen LogP contribution in [-0.4, -0.2) is 54.4 Å². The monoisotopic (exact) mass is 311 g/mol. The van der Waals surface area contributed by atoms with Crippen molar-refractivity contribution in [1.29, 1.82) is 0 Å². The van der Waals surface area contributed by atoms with Gasteiger partial charge in [-0.3, -0.25) is 9.78 Å². The van der Waals surface area contributed by atoms with E-state index in [0.29, 0.717) is 19.5 Å². The molecule has 0 spiro atoms. The first-order chi connectivity index (χ1) is 9.80. The Labute approximate surface area is 125 Å². The van der Waals surface area contributed by atoms with Gasteiger partial charge in [0.15, 0.2) is 0 Å². The van der Waals surface area contributed by atoms with Crippen molar-refractivity contribution < 1.29 is 13.2 Å². The predicted octanol–water partition coefficient (Wildman–Crippen LogP) is 0.772. The fraction of sp³-hybridized carbons (Fsp3) is 0.571. The average Bonchev–Trinajstić information content (AvgIpc) is 2.89. The van der Waals surface area contributed by atoms with E-state index >= 15 is 0 Å². The zero-order valence-electron chi connectivity index (χ0n) is 12.6. The second-order valence-corrected chi connectivity index (χ2v) is 7.46. The van der Waals surface area contributed by atoms with Crippen LogP contribution in [0.15, 0.2) is 18.5 Å². The van der Waals surface area contributed by atoms with Crippen LogP contribution in [0.25, 0.3) is 0 Å². The van der Waals surface area contributed by atoms with Gasteiger partial charge in [0, 0.05) is 32.5 Å². The van der Waals surface area contributed by atoms with Gasteiger partial charge in [0.05, 0.1) is 6.26 Å². The highest BCUT2D eigenvalue weighted by molar-refractivity contribution is 7.88. The molecular formula is C14H21N3O3S. The third-order valence-corrected chi connectivity index (χ3v) is 5.12. The standard InChI is InChI=1S/C14H21N3O3S/c1-11-9-15-7-6-12(11)10-16(2)14(18)13-5-4-8-17(13)21(3,19)20/h6-7,9,13H,4-5,8,10H2,1-3H3/t13-/m1/s1. The summed E-state index contributed by atoms with van der Waals surface area (Å²) >= 11 is 0. The molecule has 0 unspecified atom stereocenters. The number of hydrogen-bond acceptors (Lipinski definition) is 4. The lowest BCUT2D eigenvalue weighted by Gasteiger charge is -2.26. The number of hydrogen-bond donors (Lipinski definition) is 0. The first kappa shape index (κ1) is 15.9. The van der Waals surface area contributed by atoms with Crippen molar-refractivity contribution >= 4 is 15.9 Å². The quantitative estimate of drug-likeness (QED) is 0.823. The molecule has 2 heterocycles. The van der Waals surface area contributed by atoms with E-state index in [1.807, 2.05) is 13.0 Å². The third kappa shape index (κ3) is 3.59. The number of rotatable bonds is 4. The molecule has 1 saturated heterocycles. The minimum Gasteiger partial charge on any atom is -0.340 e. The van der Waals surface area contributed by atoms with Gasteiger partial charge in [0.25, 0.3) is 0 Å². The Balaban J connectivity index is 2.11. The SMILES string of the molecule is Cc1cnccc1CN(C)C(=O)[C@H]1CCCN1S(C)(=O)=O. The smallest absolute Gasteiger partial charge is 0.241 e. The Hall–Kier alpha value is -1.47. The molecule has 0 aromatic carbocycles. The maximum absolute atomic E-state index is 12.5. The highest BCUT2D eigenvalue weighted by Gasteiger charge is 2.37. The summed E-state index contributed by atoms with van der Waals surface area (Å²) in [5.74, 6) is -0.144. The summed E-state index contributed by atoms with van der Waals surface area (Å²) < 4.78 is 24.8. The number of nitrogens with zero attached hydrogens (tertiary/aromatic N) is 3. The Bertz CT molecular complexity index is 630. The molecule has 1 aromatic rings. The second kappa shape index (κ2) is 6.11. The van der Waals surface area contributed by atoms with E-state index in [1.165, 1.54) is 4.31 Å². The molecule has 0 aliphatic carbocycles. The van der Waals surface area contributed by atoms with Crippen molar-refractivity contribution in [3.05, 3.63) is 29.6 Å². The van der Waals surface area contributed by atoms with E-state index < -0.39 is 16.1 Å². The van der Waals surface area contributed by atoms with Crippen molar-refractivity contribution in [2.24, 2.45) is 0 Å². The first-order valence-electron chi connectivity index (χ1n) is 6.92. The van der Waals surface area contributed by atoms with Crippen LogP contribution in [0.5, 0.6) is 0 Å². The van der Waals surface area contributed by atoms with Crippen LogP contribution in [0.3, 0.4) is 0 Å². The number of carbonyl (C=O) groups excluding carboxylic acids is 1. The maximum atomic E-state index is 12.5. The third-order valence-electron chi connectivity index (χ3n) is 3.83. The van der Waals surface area contributed by atoms with Crippen LogP contribution >= 0.6 is 0 Å². The molecule has 0 bridgehead atoms. The molecule has 116 valence electrons. The molecule has 1 aliphatic rings. The molecule has 0 radical (unpaired) electrons. The Morgan fingerprint density at radius 2 is 2.24 bits per heavy atom. The summed E-state index contributed by atoms with van der Waals surface area (Å²) in [4.78, 5) is 18.1. The van der Waals surface area contributed by atoms with Crippen LogP contribution in [0.2, 0.25) is 0 Å². The van der Waals surface area contributed by atoms with Gasteiger partial charge in [0.2, 0.25) is 15.9 Å². The molecule has 6 nitrogen and oxygen atoms in total. The summed E-state index contributed by atoms with van der Waals surface area (Å²) in [6.07, 6.45) is 5.92. The lowest BCUT2D eigenvalue weighted by Crippen LogP contribution is -2.45. The van der Waals surface area contributed by atoms with Crippen molar-refractivity contribution in [3.63, 3.8) is 0 Å². The summed E-state index contributed by atoms with van der Waals surface area (Å²) in [5.41, 5.74) is 2.04. The molecule has 1 atom stereocenters. The van der Waals surface area contributed by atoms with Gasteiger partial charge in [-0.05, 0) is 37.0 Å². The van der Waals surface area contributed by atoms with Gasteiger partial charge in [-0.2, -0.15) is 4.31 Å². The number of sulfonamides is 1. The fourth-order valence-corrected chi connectivity index (χ4v) is 3.77. The Kier molecular flexibility index (Phi) is 4.63. The molecule has 1 aromatic heterocycles. The first-order valence-corrected chi connectivity index (χ1v) is 8.77. The lowest BCUT2D eigenvalue weighted by molar-refractivity contribution is -0.133. The summed E-state index contributed by atoms with van der Waals surface area (Å²) in [6.45, 7) is 2.83. The zero-order chi connectivity index (χ0) is 15.6. The van der Waals surface area contributed by atoms with Gasteiger partial charge in [-0.25, -0.2) is 8.42 Å². The summed E-state index contributed by atoms with van der Waals surface area (Å²) in [5, 5.41) is 0. The number of aromatic nitrogens is 1. The lowest BCUT2D eigenvalue weighted by atomic mass is 10.1. The van der Waals surface area contributed by atoms with Gasteiger partial charge in [0.1, 0.15) is 6.04 Å². The van der Waals surface area contributed by atoms with Crippen molar-refractivity contribution in [1.82, 2.24) is 14.2 Å². The number of carbonyl (C=O) groups is 1. The zero-order valence-corrected chi connectivity index (χ0v) is 13.4. The van der Waals surface area contributed by atoms with E-state index in [9.17, 15) is 13.2 Å². The number of aryl methyl sites for hydroxylation is 1. The minimum absolute atomic E-state index is 0.144. The van der Waals surface area contributed by atoms with E-state index in [2.05, 4.69) is 4.98 Å². The topological polar surface area (TPSA) is 70.6 Å². The van der Waals surface area contributed by atoms with Gasteiger partial charge < -0.3 is 4.90 Å². The fourth-order valence-electron chi connectivity index (χ4n) is 2.65. The van der Waals surface area contributed by atoms with Crippen LogP contribution in [-0.2, 0) is 21.4 Å². The minimum atomic E-state index is -3.34. The predicted molar refractivity (Wildman–Crippen MR) is 80.0 cm³/mol. The summed E-state index contributed by atoms with van der Waals surface area (Å²) in [6, 6.07) is 1.31. The second-order valence-electron chi connectivity index (χ2n) is 5.53. The van der Waals surface area contributed by atoms with Crippen molar-refractivity contribution in [2.45, 2.75) is 32.4 Å². The molecule has 2 rings (SSSR count). The maximum Gasteiger partial charge on any atom is 0.241 e. The number of pyridine rings is 1. The molecule has 0 saturated carbocycles.